The molecule has 12 atom stereocenters. The summed E-state index contributed by atoms with van der Waals surface area (Å²) in [6, 6.07) is -0.890. The molecule has 42 heavy (non-hydrogen) atoms. The molecule has 0 unspecified atom stereocenters. The molecule has 3 aliphatic rings. The molecule has 3 aliphatic heterocycles. The molecule has 0 aromatic carbocycles. The number of methoxy groups -OCH3 is 1. The predicted octanol–water partition coefficient (Wildman–Crippen LogP) is 3.22. The van der Waals surface area contributed by atoms with E-state index in [1.54, 1.807) is 34.0 Å². The number of amides is 1. The van der Waals surface area contributed by atoms with Crippen LogP contribution >= 0.6 is 0 Å². The second-order valence-corrected chi connectivity index (χ2v) is 13.1. The number of carbonyl (C=O) groups is 3. The van der Waals surface area contributed by atoms with Crippen molar-refractivity contribution in [1.29, 1.82) is 0 Å². The maximum atomic E-state index is 13.9. The molecule has 0 aromatic rings. The maximum absolute atomic E-state index is 13.9. The summed E-state index contributed by atoms with van der Waals surface area (Å²) in [5.41, 5.74) is -1.91. The minimum Gasteiger partial charge on any atom is -0.455 e. The Morgan fingerprint density at radius 1 is 1.14 bits per heavy atom. The van der Waals surface area contributed by atoms with Gasteiger partial charge in [-0.2, -0.15) is 0 Å². The van der Waals surface area contributed by atoms with Crippen molar-refractivity contribution in [2.24, 2.45) is 17.8 Å². The summed E-state index contributed by atoms with van der Waals surface area (Å²) in [6.07, 6.45) is -1.13. The first-order chi connectivity index (χ1) is 19.5. The Labute approximate surface area is 250 Å². The first kappa shape index (κ1) is 34.4. The van der Waals surface area contributed by atoms with Gasteiger partial charge >= 0.3 is 12.1 Å². The number of likely N-dealkylation sites (N-methyl/N-ethyl adjacent to an activating group) is 1. The molecule has 0 spiro atoms. The molecule has 0 saturated carbocycles. The number of aliphatic hydroxyl groups is 1. The van der Waals surface area contributed by atoms with E-state index in [0.29, 0.717) is 18.4 Å². The second-order valence-electron chi connectivity index (χ2n) is 13.1. The third-order valence-electron chi connectivity index (χ3n) is 9.55. The number of Topliss-reactive ketones (excluding diaryl/α,β-unsaturated/α-hetero) is 1. The minimum absolute atomic E-state index is 0.0908. The molecule has 0 aliphatic carbocycles. The molecular weight excluding hydrogens is 544 g/mol. The number of nitrogens with one attached hydrogen (secondary N) is 1. The van der Waals surface area contributed by atoms with Gasteiger partial charge in [-0.1, -0.05) is 33.8 Å². The van der Waals surface area contributed by atoms with Gasteiger partial charge in [0.1, 0.15) is 18.0 Å². The number of aliphatic hydroxyl groups excluding tert-OH is 1. The van der Waals surface area contributed by atoms with Crippen LogP contribution in [0.4, 0.5) is 4.79 Å². The molecule has 0 radical (unpaired) electrons. The number of rotatable bonds is 5. The monoisotopic (exact) mass is 596 g/mol. The van der Waals surface area contributed by atoms with Crippen LogP contribution < -0.4 is 5.32 Å². The Morgan fingerprint density at radius 3 is 2.36 bits per heavy atom. The van der Waals surface area contributed by atoms with Gasteiger partial charge in [0.25, 0.3) is 0 Å². The number of esters is 1. The van der Waals surface area contributed by atoms with E-state index in [0.717, 1.165) is 0 Å². The van der Waals surface area contributed by atoms with Crippen LogP contribution in [0.2, 0.25) is 0 Å². The van der Waals surface area contributed by atoms with E-state index in [2.05, 4.69) is 5.32 Å². The Kier molecular flexibility index (Phi) is 10.9. The third-order valence-corrected chi connectivity index (χ3v) is 9.55. The van der Waals surface area contributed by atoms with Crippen molar-refractivity contribution < 1.29 is 43.2 Å². The van der Waals surface area contributed by atoms with Gasteiger partial charge in [-0.05, 0) is 61.1 Å². The average molecular weight is 597 g/mol. The summed E-state index contributed by atoms with van der Waals surface area (Å²) in [4.78, 5) is 41.7. The van der Waals surface area contributed by atoms with Gasteiger partial charge in [-0.3, -0.25) is 4.79 Å². The summed E-state index contributed by atoms with van der Waals surface area (Å²) < 4.78 is 30.4. The van der Waals surface area contributed by atoms with E-state index >= 15 is 0 Å². The van der Waals surface area contributed by atoms with E-state index in [-0.39, 0.29) is 24.3 Å². The summed E-state index contributed by atoms with van der Waals surface area (Å²) in [7, 11) is 5.38. The molecule has 1 amide bonds. The zero-order valence-corrected chi connectivity index (χ0v) is 27.1. The normalized spacial score (nSPS) is 45.3. The number of hydrogen-bond donors (Lipinski definition) is 2. The first-order valence-corrected chi connectivity index (χ1v) is 15.1. The van der Waals surface area contributed by atoms with E-state index in [1.807, 2.05) is 53.6 Å². The van der Waals surface area contributed by atoms with Crippen molar-refractivity contribution >= 4 is 17.8 Å². The highest BCUT2D eigenvalue weighted by atomic mass is 16.7. The van der Waals surface area contributed by atoms with E-state index < -0.39 is 71.7 Å². The highest BCUT2D eigenvalue weighted by molar-refractivity contribution is 5.88. The zero-order chi connectivity index (χ0) is 31.7. The molecule has 2 N–H and O–H groups in total. The lowest BCUT2D eigenvalue weighted by atomic mass is 9.74. The Hall–Kier alpha value is -2.05. The fourth-order valence-electron chi connectivity index (χ4n) is 7.09. The van der Waals surface area contributed by atoms with Crippen LogP contribution in [0.25, 0.3) is 0 Å². The lowest BCUT2D eigenvalue weighted by Crippen LogP contribution is -2.58. The van der Waals surface area contributed by atoms with Gasteiger partial charge in [0, 0.05) is 36.5 Å². The van der Waals surface area contributed by atoms with Gasteiger partial charge in [-0.15, -0.1) is 0 Å². The second kappa shape index (κ2) is 13.3. The lowest BCUT2D eigenvalue weighted by molar-refractivity contribution is -0.294. The number of ketones is 1. The predicted molar refractivity (Wildman–Crippen MR) is 156 cm³/mol. The molecule has 0 bridgehead atoms. The van der Waals surface area contributed by atoms with E-state index in [9.17, 15) is 19.5 Å². The number of fused-ring (bicyclic) bond motifs is 1. The van der Waals surface area contributed by atoms with Crippen molar-refractivity contribution in [1.82, 2.24) is 10.2 Å². The first-order valence-electron chi connectivity index (χ1n) is 15.1. The average Bonchev–Trinajstić information content (AvgIpc) is 3.24. The number of ether oxygens (including phenoxy) is 5. The summed E-state index contributed by atoms with van der Waals surface area (Å²) >= 11 is 0. The number of cyclic esters (lactones) is 1. The van der Waals surface area contributed by atoms with E-state index in [1.165, 1.54) is 0 Å². The molecule has 3 heterocycles. The van der Waals surface area contributed by atoms with Gasteiger partial charge in [-0.25, -0.2) is 9.59 Å². The molecule has 11 heteroatoms. The zero-order valence-electron chi connectivity index (χ0n) is 27.1. The molecule has 0 aromatic heterocycles. The molecule has 3 rings (SSSR count). The quantitative estimate of drug-likeness (QED) is 0.456. The minimum atomic E-state index is -1.24. The number of alkyl carbamates (subject to hydrolysis) is 1. The molecule has 11 nitrogen and oxygen atoms in total. The van der Waals surface area contributed by atoms with Crippen LogP contribution in [0.1, 0.15) is 74.7 Å². The standard InChI is InChI=1S/C31H52N2O9/c1-12-22-31(8)25(32-29(37)42-31)20(6)23(34)18(4)15-30(7,38-11)26(16(2)13-17(3)27(36)40-22)41-28-24(35)21(33(9)10)14-19(5)39-28/h13,16,18-22,24-26,28,35H,12,14-15H2,1-11H3,(H,32,37)/b17-13+/t16-,18+,19+,20-,21-,22+,24+,25+,26+,28-,30-,31+/m0/s1. The summed E-state index contributed by atoms with van der Waals surface area (Å²) in [5.74, 6) is -2.20. The topological polar surface area (TPSA) is 133 Å². The Bertz CT molecular complexity index is 1030. The van der Waals surface area contributed by atoms with Gasteiger partial charge in [0.05, 0.1) is 23.9 Å². The summed E-state index contributed by atoms with van der Waals surface area (Å²) in [6.45, 7) is 14.5. The number of nitrogens with zero attached hydrogens (tertiary/aromatic N) is 1. The van der Waals surface area contributed by atoms with Crippen LogP contribution in [0.3, 0.4) is 0 Å². The summed E-state index contributed by atoms with van der Waals surface area (Å²) in [5, 5.41) is 14.0. The van der Waals surface area contributed by atoms with Crippen LogP contribution in [0, 0.1) is 17.8 Å². The molecular formula is C31H52N2O9. The van der Waals surface area contributed by atoms with Crippen LogP contribution in [-0.4, -0.2) is 103 Å². The SMILES string of the molecule is CC[C@H]1OC(=O)/C(C)=C/[C@H](C)[C@@H](O[C@@H]2O[C@H](C)C[C@H](N(C)C)[C@H]2O)[C@@](C)(OC)C[C@@H](C)C(=O)[C@H](C)[C@H]2NC(=O)O[C@@]21C. The van der Waals surface area contributed by atoms with Gasteiger partial charge in [0.15, 0.2) is 11.9 Å². The highest BCUT2D eigenvalue weighted by Gasteiger charge is 2.56. The molecule has 2 saturated heterocycles. The van der Waals surface area contributed by atoms with Gasteiger partial charge in [0.2, 0.25) is 0 Å². The lowest BCUT2D eigenvalue weighted by Gasteiger charge is -2.46. The third kappa shape index (κ3) is 6.85. The van der Waals surface area contributed by atoms with Crippen molar-refractivity contribution in [2.45, 2.75) is 129 Å². The van der Waals surface area contributed by atoms with Crippen molar-refractivity contribution in [3.05, 3.63) is 11.6 Å². The largest absolute Gasteiger partial charge is 0.455 e. The van der Waals surface area contributed by atoms with Crippen LogP contribution in [0.15, 0.2) is 11.6 Å². The van der Waals surface area contributed by atoms with Gasteiger partial charge < -0.3 is 39.0 Å². The highest BCUT2D eigenvalue weighted by Crippen LogP contribution is 2.39. The number of hydrogen-bond acceptors (Lipinski definition) is 10. The Morgan fingerprint density at radius 2 is 1.79 bits per heavy atom. The van der Waals surface area contributed by atoms with E-state index in [4.69, 9.17) is 23.7 Å². The fourth-order valence-corrected chi connectivity index (χ4v) is 7.09. The van der Waals surface area contributed by atoms with Crippen LogP contribution in [-0.2, 0) is 33.3 Å². The fraction of sp³-hybridized carbons (Fsp3) is 0.839. The van der Waals surface area contributed by atoms with Crippen molar-refractivity contribution in [2.75, 3.05) is 21.2 Å². The molecule has 2 fully saturated rings. The molecule has 240 valence electrons. The maximum Gasteiger partial charge on any atom is 0.408 e. The Balaban J connectivity index is 2.08. The van der Waals surface area contributed by atoms with Crippen molar-refractivity contribution in [3.8, 4) is 0 Å². The van der Waals surface area contributed by atoms with Crippen molar-refractivity contribution in [3.63, 3.8) is 0 Å². The smallest absolute Gasteiger partial charge is 0.408 e. The van der Waals surface area contributed by atoms with Crippen LogP contribution in [0.5, 0.6) is 0 Å². The number of carbonyl (C=O) groups excluding carboxylic acids is 3.